The Kier molecular flexibility index (Phi) is 6.65. The molecule has 0 amide bonds. The molecule has 0 radical (unpaired) electrons. The van der Waals surface area contributed by atoms with Crippen molar-refractivity contribution in [1.29, 1.82) is 0 Å². The number of aliphatic hydroxyl groups is 5. The summed E-state index contributed by atoms with van der Waals surface area (Å²) in [6, 6.07) is 9.89. The van der Waals surface area contributed by atoms with Crippen molar-refractivity contribution in [2.24, 2.45) is 4.99 Å². The summed E-state index contributed by atoms with van der Waals surface area (Å²) in [5, 5.41) is 47.3. The molecule has 1 heterocycles. The first kappa shape index (κ1) is 21.7. The Morgan fingerprint density at radius 3 is 2.40 bits per heavy atom. The minimum Gasteiger partial charge on any atom is -0.394 e. The highest BCUT2D eigenvalue weighted by atomic mass is 19.1. The van der Waals surface area contributed by atoms with Crippen molar-refractivity contribution in [3.8, 4) is 0 Å². The summed E-state index contributed by atoms with van der Waals surface area (Å²) < 4.78 is 13.0. The predicted molar refractivity (Wildman–Crippen MR) is 105 cm³/mol. The minimum absolute atomic E-state index is 0.0693. The third-order valence-corrected chi connectivity index (χ3v) is 4.47. The quantitative estimate of drug-likeness (QED) is 0.223. The van der Waals surface area contributed by atoms with Crippen LogP contribution in [0.4, 0.5) is 10.3 Å². The van der Waals surface area contributed by atoms with Gasteiger partial charge in [-0.1, -0.05) is 0 Å². The Morgan fingerprint density at radius 1 is 1.07 bits per heavy atom. The fourth-order valence-corrected chi connectivity index (χ4v) is 2.74. The van der Waals surface area contributed by atoms with E-state index in [9.17, 15) is 29.6 Å². The molecule has 0 aliphatic carbocycles. The molecule has 6 N–H and O–H groups in total. The number of nitrogens with one attached hydrogen (secondary N) is 1. The Labute approximate surface area is 169 Å². The Morgan fingerprint density at radius 2 is 1.73 bits per heavy atom. The molecule has 3 aromatic rings. The number of carbonyl (C=O) groups is 1. The molecule has 2 aromatic carbocycles. The van der Waals surface area contributed by atoms with Crippen LogP contribution in [0.15, 0.2) is 47.5 Å². The van der Waals surface area contributed by atoms with Crippen LogP contribution in [0.25, 0.3) is 11.0 Å². The Hall–Kier alpha value is -3.02. The summed E-state index contributed by atoms with van der Waals surface area (Å²) in [6.45, 7) is -0.787. The molecule has 4 unspecified atom stereocenters. The van der Waals surface area contributed by atoms with Gasteiger partial charge in [-0.2, -0.15) is 0 Å². The van der Waals surface area contributed by atoms with Crippen LogP contribution < -0.4 is 0 Å². The van der Waals surface area contributed by atoms with Gasteiger partial charge in [0.2, 0.25) is 5.95 Å². The first-order chi connectivity index (χ1) is 14.3. The zero-order chi connectivity index (χ0) is 21.8. The molecule has 4 atom stereocenters. The smallest absolute Gasteiger partial charge is 0.227 e. The van der Waals surface area contributed by atoms with Crippen LogP contribution >= 0.6 is 0 Å². The predicted octanol–water partition coefficient (Wildman–Crippen LogP) is 0.0712. The van der Waals surface area contributed by atoms with Gasteiger partial charge >= 0.3 is 0 Å². The van der Waals surface area contributed by atoms with E-state index in [1.165, 1.54) is 24.3 Å². The highest BCUT2D eigenvalue weighted by molar-refractivity contribution is 6.10. The first-order valence-corrected chi connectivity index (χ1v) is 8.97. The number of halogens is 1. The molecule has 30 heavy (non-hydrogen) atoms. The van der Waals surface area contributed by atoms with E-state index in [1.54, 1.807) is 18.2 Å². The highest BCUT2D eigenvalue weighted by Gasteiger charge is 2.29. The largest absolute Gasteiger partial charge is 0.394 e. The lowest BCUT2D eigenvalue weighted by Crippen LogP contribution is -2.46. The number of carbonyl (C=O) groups excluding carboxylic acids is 1. The van der Waals surface area contributed by atoms with E-state index in [0.29, 0.717) is 22.2 Å². The number of hydrogen-bond acceptors (Lipinski definition) is 8. The molecule has 0 aliphatic rings. The lowest BCUT2D eigenvalue weighted by molar-refractivity contribution is -0.0999. The molecular formula is C20H20FN3O6. The van der Waals surface area contributed by atoms with Gasteiger partial charge in [0.15, 0.2) is 5.78 Å². The summed E-state index contributed by atoms with van der Waals surface area (Å²) in [4.78, 5) is 23.4. The van der Waals surface area contributed by atoms with E-state index in [0.717, 1.165) is 6.21 Å². The maximum absolute atomic E-state index is 13.0. The molecule has 0 fully saturated rings. The molecule has 1 aromatic heterocycles. The van der Waals surface area contributed by atoms with Gasteiger partial charge in [0.1, 0.15) is 30.2 Å². The van der Waals surface area contributed by atoms with E-state index in [1.807, 2.05) is 0 Å². The van der Waals surface area contributed by atoms with Crippen molar-refractivity contribution in [2.75, 3.05) is 6.61 Å². The molecule has 9 nitrogen and oxygen atoms in total. The van der Waals surface area contributed by atoms with Crippen LogP contribution in [-0.4, -0.2) is 78.5 Å². The number of fused-ring (bicyclic) bond motifs is 1. The lowest BCUT2D eigenvalue weighted by Gasteiger charge is -2.23. The van der Waals surface area contributed by atoms with E-state index < -0.39 is 36.8 Å². The number of ketones is 1. The number of H-pyrrole nitrogens is 1. The second-order valence-corrected chi connectivity index (χ2v) is 6.63. The monoisotopic (exact) mass is 417 g/mol. The number of imidazole rings is 1. The molecule has 10 heteroatoms. The van der Waals surface area contributed by atoms with Crippen LogP contribution in [0.5, 0.6) is 0 Å². The Bertz CT molecular complexity index is 1050. The topological polar surface area (TPSA) is 159 Å². The van der Waals surface area contributed by atoms with Gasteiger partial charge in [-0.25, -0.2) is 14.4 Å². The number of hydrogen-bond donors (Lipinski definition) is 6. The number of aliphatic imine (C=N–C) groups is 1. The van der Waals surface area contributed by atoms with Gasteiger partial charge in [-0.3, -0.25) is 4.79 Å². The average Bonchev–Trinajstić information content (AvgIpc) is 3.18. The molecule has 3 rings (SSSR count). The second-order valence-electron chi connectivity index (χ2n) is 6.63. The average molecular weight is 417 g/mol. The van der Waals surface area contributed by atoms with Crippen LogP contribution in [0.1, 0.15) is 15.9 Å². The van der Waals surface area contributed by atoms with Gasteiger partial charge in [0.05, 0.1) is 17.6 Å². The fraction of sp³-hybridized carbons (Fsp3) is 0.250. The molecular weight excluding hydrogens is 397 g/mol. The lowest BCUT2D eigenvalue weighted by atomic mass is 10.0. The second kappa shape index (κ2) is 9.20. The Balaban J connectivity index is 1.76. The van der Waals surface area contributed by atoms with E-state index in [2.05, 4.69) is 15.0 Å². The third-order valence-electron chi connectivity index (χ3n) is 4.47. The summed E-state index contributed by atoms with van der Waals surface area (Å²) in [7, 11) is 0. The summed E-state index contributed by atoms with van der Waals surface area (Å²) in [6.07, 6.45) is -5.89. The third kappa shape index (κ3) is 4.75. The van der Waals surface area contributed by atoms with Crippen molar-refractivity contribution < 1.29 is 34.7 Å². The van der Waals surface area contributed by atoms with Crippen molar-refractivity contribution in [2.45, 2.75) is 24.4 Å². The summed E-state index contributed by atoms with van der Waals surface area (Å²) >= 11 is 0. The number of nitrogens with zero attached hydrogens (tertiary/aromatic N) is 2. The van der Waals surface area contributed by atoms with Gasteiger partial charge in [0, 0.05) is 17.3 Å². The van der Waals surface area contributed by atoms with Gasteiger partial charge in [-0.05, 0) is 42.5 Å². The van der Waals surface area contributed by atoms with E-state index >= 15 is 0 Å². The van der Waals surface area contributed by atoms with Crippen LogP contribution in [-0.2, 0) is 0 Å². The zero-order valence-electron chi connectivity index (χ0n) is 15.6. The molecule has 0 aliphatic heterocycles. The normalized spacial score (nSPS) is 15.9. The van der Waals surface area contributed by atoms with Gasteiger partial charge in [0.25, 0.3) is 0 Å². The van der Waals surface area contributed by atoms with E-state index in [-0.39, 0.29) is 11.7 Å². The minimum atomic E-state index is -1.78. The summed E-state index contributed by atoms with van der Waals surface area (Å²) in [5.74, 6) is -0.671. The van der Waals surface area contributed by atoms with Gasteiger partial charge in [-0.15, -0.1) is 0 Å². The molecule has 158 valence electrons. The fourth-order valence-electron chi connectivity index (χ4n) is 2.74. The van der Waals surface area contributed by atoms with Crippen molar-refractivity contribution >= 4 is 29.0 Å². The molecule has 0 saturated carbocycles. The summed E-state index contributed by atoms with van der Waals surface area (Å²) in [5.41, 5.74) is 1.66. The zero-order valence-corrected chi connectivity index (χ0v) is 15.6. The number of aromatic amines is 1. The van der Waals surface area contributed by atoms with Crippen LogP contribution in [0.2, 0.25) is 0 Å². The molecule has 0 bridgehead atoms. The highest BCUT2D eigenvalue weighted by Crippen LogP contribution is 2.20. The first-order valence-electron chi connectivity index (χ1n) is 8.97. The van der Waals surface area contributed by atoms with E-state index in [4.69, 9.17) is 5.11 Å². The van der Waals surface area contributed by atoms with Gasteiger partial charge < -0.3 is 30.5 Å². The molecule has 0 spiro atoms. The van der Waals surface area contributed by atoms with Crippen LogP contribution in [0.3, 0.4) is 0 Å². The van der Waals surface area contributed by atoms with Crippen molar-refractivity contribution in [1.82, 2.24) is 9.97 Å². The van der Waals surface area contributed by atoms with Crippen LogP contribution in [0, 0.1) is 5.82 Å². The molecule has 0 saturated heterocycles. The number of benzene rings is 2. The van der Waals surface area contributed by atoms with Crippen molar-refractivity contribution in [3.63, 3.8) is 0 Å². The SMILES string of the molecule is O=C(c1ccc(F)cc1)c1ccc2nc(N=CC(O)C(O)C(O)C(O)CO)[nH]c2c1. The maximum Gasteiger partial charge on any atom is 0.227 e. The number of aliphatic hydroxyl groups excluding tert-OH is 5. The van der Waals surface area contributed by atoms with Crippen molar-refractivity contribution in [3.05, 3.63) is 59.4 Å². The standard InChI is InChI=1S/C20H20FN3O6/c21-12-4-1-10(2-5-12)17(28)11-3-6-13-14(7-11)24-20(23-13)22-8-15(26)18(29)19(30)16(27)9-25/h1-8,15-16,18-19,25-27,29-30H,9H2,(H,23,24). The maximum atomic E-state index is 13.0. The number of aromatic nitrogens is 2. The number of rotatable bonds is 8.